The molecule has 3 atom stereocenters. The van der Waals surface area contributed by atoms with Crippen LogP contribution in [0, 0.1) is 23.2 Å². The van der Waals surface area contributed by atoms with E-state index >= 15 is 0 Å². The summed E-state index contributed by atoms with van der Waals surface area (Å²) in [5.41, 5.74) is 5.64. The van der Waals surface area contributed by atoms with Crippen LogP contribution in [0.5, 0.6) is 0 Å². The zero-order chi connectivity index (χ0) is 12.3. The number of hydrogen-bond acceptors (Lipinski definition) is 3. The molecule has 0 aromatic heterocycles. The lowest BCUT2D eigenvalue weighted by atomic mass is 9.87. The van der Waals surface area contributed by atoms with Gasteiger partial charge in [-0.05, 0) is 50.6 Å². The van der Waals surface area contributed by atoms with Gasteiger partial charge in [-0.25, -0.2) is 0 Å². The minimum atomic E-state index is -0.524. The van der Waals surface area contributed by atoms with Crippen LogP contribution in [0.1, 0.15) is 45.4 Å². The van der Waals surface area contributed by atoms with E-state index < -0.39 is 5.54 Å². The van der Waals surface area contributed by atoms with E-state index in [1.807, 2.05) is 0 Å². The summed E-state index contributed by atoms with van der Waals surface area (Å²) < 4.78 is 0. The van der Waals surface area contributed by atoms with Gasteiger partial charge in [0.25, 0.3) is 0 Å². The highest BCUT2D eigenvalue weighted by atomic mass is 15.1. The summed E-state index contributed by atoms with van der Waals surface area (Å²) in [5, 5.41) is 9.18. The smallest absolute Gasteiger partial charge is 0.107 e. The van der Waals surface area contributed by atoms with Crippen LogP contribution < -0.4 is 5.73 Å². The Kier molecular flexibility index (Phi) is 4.06. The average molecular weight is 235 g/mol. The van der Waals surface area contributed by atoms with E-state index in [-0.39, 0.29) is 0 Å². The summed E-state index contributed by atoms with van der Waals surface area (Å²) in [6, 6.07) is 2.34. The fourth-order valence-corrected chi connectivity index (χ4v) is 3.44. The van der Waals surface area contributed by atoms with Gasteiger partial charge in [0.15, 0.2) is 0 Å². The van der Waals surface area contributed by atoms with Crippen molar-refractivity contribution < 1.29 is 0 Å². The molecular weight excluding hydrogens is 210 g/mol. The fourth-order valence-electron chi connectivity index (χ4n) is 3.44. The predicted octanol–water partition coefficient (Wildman–Crippen LogP) is 2.13. The third-order valence-corrected chi connectivity index (χ3v) is 4.82. The quantitative estimate of drug-likeness (QED) is 0.812. The summed E-state index contributed by atoms with van der Waals surface area (Å²) in [5.74, 6) is 1.32. The van der Waals surface area contributed by atoms with E-state index in [1.54, 1.807) is 0 Å². The van der Waals surface area contributed by atoms with Crippen LogP contribution in [0.4, 0.5) is 0 Å². The Bertz CT molecular complexity index is 296. The van der Waals surface area contributed by atoms with Gasteiger partial charge in [-0.15, -0.1) is 0 Å². The molecule has 1 heterocycles. The second kappa shape index (κ2) is 5.37. The maximum atomic E-state index is 9.18. The van der Waals surface area contributed by atoms with Gasteiger partial charge in [-0.1, -0.05) is 19.8 Å². The molecule has 1 aliphatic carbocycles. The normalized spacial score (nSPS) is 38.4. The third-order valence-electron chi connectivity index (χ3n) is 4.82. The number of likely N-dealkylation sites (tertiary alicyclic amines) is 1. The van der Waals surface area contributed by atoms with Crippen molar-refractivity contribution in [1.29, 1.82) is 5.26 Å². The maximum absolute atomic E-state index is 9.18. The first kappa shape index (κ1) is 12.9. The lowest BCUT2D eigenvalue weighted by molar-refractivity contribution is 0.268. The molecule has 3 unspecified atom stereocenters. The molecule has 96 valence electrons. The van der Waals surface area contributed by atoms with Crippen molar-refractivity contribution in [2.45, 2.75) is 51.0 Å². The fraction of sp³-hybridized carbons (Fsp3) is 0.929. The van der Waals surface area contributed by atoms with E-state index in [0.29, 0.717) is 5.92 Å². The number of nitrogens with two attached hydrogens (primary N) is 1. The van der Waals surface area contributed by atoms with E-state index in [2.05, 4.69) is 17.9 Å². The van der Waals surface area contributed by atoms with Gasteiger partial charge in [0.1, 0.15) is 5.54 Å². The van der Waals surface area contributed by atoms with Crippen LogP contribution in [0.2, 0.25) is 0 Å². The molecule has 0 radical (unpaired) electrons. The molecule has 0 amide bonds. The highest BCUT2D eigenvalue weighted by Gasteiger charge is 2.39. The Morgan fingerprint density at radius 3 is 2.94 bits per heavy atom. The van der Waals surface area contributed by atoms with Crippen molar-refractivity contribution in [1.82, 2.24) is 4.90 Å². The van der Waals surface area contributed by atoms with Crippen molar-refractivity contribution in [3.8, 4) is 6.07 Å². The Labute approximate surface area is 105 Å². The van der Waals surface area contributed by atoms with E-state index in [9.17, 15) is 5.26 Å². The van der Waals surface area contributed by atoms with Crippen molar-refractivity contribution in [3.63, 3.8) is 0 Å². The number of hydrogen-bond donors (Lipinski definition) is 1. The highest BCUT2D eigenvalue weighted by Crippen LogP contribution is 2.36. The summed E-state index contributed by atoms with van der Waals surface area (Å²) in [6.45, 7) is 5.93. The zero-order valence-corrected chi connectivity index (χ0v) is 11.0. The van der Waals surface area contributed by atoms with Crippen LogP contribution in [-0.2, 0) is 0 Å². The molecule has 3 heteroatoms. The molecule has 2 fully saturated rings. The second-order valence-corrected chi connectivity index (χ2v) is 5.89. The minimum absolute atomic E-state index is 0.424. The van der Waals surface area contributed by atoms with Crippen molar-refractivity contribution >= 4 is 0 Å². The Morgan fingerprint density at radius 1 is 1.47 bits per heavy atom. The Morgan fingerprint density at radius 2 is 2.29 bits per heavy atom. The maximum Gasteiger partial charge on any atom is 0.107 e. The standard InChI is InChI=1S/C14H25N3/c1-2-12-5-8-17(10-12)9-6-13-4-3-7-14(13,16)11-15/h12-13H,2-10,16H2,1H3. The van der Waals surface area contributed by atoms with Crippen molar-refractivity contribution in [2.24, 2.45) is 17.6 Å². The Balaban J connectivity index is 1.77. The number of nitrogens with zero attached hydrogens (tertiary/aromatic N) is 2. The first-order valence-corrected chi connectivity index (χ1v) is 7.10. The van der Waals surface area contributed by atoms with Gasteiger partial charge >= 0.3 is 0 Å². The molecule has 1 saturated heterocycles. The van der Waals surface area contributed by atoms with Crippen molar-refractivity contribution in [2.75, 3.05) is 19.6 Å². The Hall–Kier alpha value is -0.590. The molecule has 2 aliphatic rings. The molecule has 0 aromatic carbocycles. The van der Waals surface area contributed by atoms with Gasteiger partial charge < -0.3 is 10.6 Å². The lowest BCUT2D eigenvalue weighted by Gasteiger charge is -2.26. The van der Waals surface area contributed by atoms with Crippen molar-refractivity contribution in [3.05, 3.63) is 0 Å². The summed E-state index contributed by atoms with van der Waals surface area (Å²) in [6.07, 6.45) is 6.94. The summed E-state index contributed by atoms with van der Waals surface area (Å²) in [7, 11) is 0. The van der Waals surface area contributed by atoms with Gasteiger partial charge in [0, 0.05) is 6.54 Å². The largest absolute Gasteiger partial charge is 0.313 e. The van der Waals surface area contributed by atoms with Crippen LogP contribution in [0.25, 0.3) is 0 Å². The minimum Gasteiger partial charge on any atom is -0.313 e. The third kappa shape index (κ3) is 2.81. The summed E-state index contributed by atoms with van der Waals surface area (Å²) >= 11 is 0. The number of rotatable bonds is 4. The molecule has 0 aromatic rings. The molecule has 3 nitrogen and oxygen atoms in total. The van der Waals surface area contributed by atoms with Gasteiger partial charge in [0.2, 0.25) is 0 Å². The molecule has 1 saturated carbocycles. The average Bonchev–Trinajstić information content (AvgIpc) is 2.94. The van der Waals surface area contributed by atoms with E-state index in [0.717, 1.165) is 38.1 Å². The first-order chi connectivity index (χ1) is 8.18. The molecular formula is C14H25N3. The molecule has 2 N–H and O–H groups in total. The van der Waals surface area contributed by atoms with Crippen LogP contribution >= 0.6 is 0 Å². The summed E-state index contributed by atoms with van der Waals surface area (Å²) in [4.78, 5) is 2.56. The van der Waals surface area contributed by atoms with Gasteiger partial charge in [0.05, 0.1) is 6.07 Å². The first-order valence-electron chi connectivity index (χ1n) is 7.10. The lowest BCUT2D eigenvalue weighted by Crippen LogP contribution is -2.43. The number of nitriles is 1. The molecule has 0 spiro atoms. The second-order valence-electron chi connectivity index (χ2n) is 5.89. The molecule has 0 bridgehead atoms. The van der Waals surface area contributed by atoms with Crippen LogP contribution in [-0.4, -0.2) is 30.1 Å². The van der Waals surface area contributed by atoms with Gasteiger partial charge in [-0.3, -0.25) is 0 Å². The zero-order valence-electron chi connectivity index (χ0n) is 11.0. The molecule has 2 rings (SSSR count). The highest BCUT2D eigenvalue weighted by molar-refractivity contribution is 5.12. The monoisotopic (exact) mass is 235 g/mol. The predicted molar refractivity (Wildman–Crippen MR) is 69.3 cm³/mol. The SMILES string of the molecule is CCC1CCN(CCC2CCCC2(N)C#N)C1. The topological polar surface area (TPSA) is 53.0 Å². The molecule has 1 aliphatic heterocycles. The van der Waals surface area contributed by atoms with E-state index in [1.165, 1.54) is 25.9 Å². The molecule has 17 heavy (non-hydrogen) atoms. The van der Waals surface area contributed by atoms with Crippen LogP contribution in [0.15, 0.2) is 0 Å². The van der Waals surface area contributed by atoms with Crippen LogP contribution in [0.3, 0.4) is 0 Å². The van der Waals surface area contributed by atoms with Gasteiger partial charge in [-0.2, -0.15) is 5.26 Å². The van der Waals surface area contributed by atoms with E-state index in [4.69, 9.17) is 5.73 Å².